The number of sulfonamides is 1. The molecule has 1 aliphatic heterocycles. The number of hydrogen-bond donors (Lipinski definition) is 1. The number of benzene rings is 2. The van der Waals surface area contributed by atoms with E-state index in [1.165, 1.54) is 29.8 Å². The summed E-state index contributed by atoms with van der Waals surface area (Å²) in [5.41, 5.74) is 2.01. The van der Waals surface area contributed by atoms with Gasteiger partial charge in [0.1, 0.15) is 11.6 Å². The van der Waals surface area contributed by atoms with E-state index < -0.39 is 10.0 Å². The molecule has 0 radical (unpaired) electrons. The number of halogens is 1. The Morgan fingerprint density at radius 1 is 1.17 bits per heavy atom. The van der Waals surface area contributed by atoms with E-state index in [2.05, 4.69) is 5.32 Å². The molecule has 162 valence electrons. The maximum absolute atomic E-state index is 13.6. The normalized spacial score (nSPS) is 15.6. The predicted octanol–water partition coefficient (Wildman–Crippen LogP) is 3.39. The van der Waals surface area contributed by atoms with Gasteiger partial charge in [0, 0.05) is 37.4 Å². The molecule has 0 aromatic heterocycles. The van der Waals surface area contributed by atoms with Gasteiger partial charge in [-0.3, -0.25) is 0 Å². The van der Waals surface area contributed by atoms with Crippen LogP contribution in [0.4, 0.5) is 14.9 Å². The van der Waals surface area contributed by atoms with Gasteiger partial charge in [-0.05, 0) is 48.7 Å². The number of urea groups is 1. The van der Waals surface area contributed by atoms with Gasteiger partial charge >= 0.3 is 6.03 Å². The standard InChI is InChI=1S/C21H26FN3O4S/c1-24(18-10-12-25(13-11-18)30(3,27)28)21(26)23-17-7-4-15(5-8-17)19-14-16(22)6-9-20(19)29-2/h4-9,14,18H,10-13H2,1-3H3,(H,23,26). The highest BCUT2D eigenvalue weighted by Crippen LogP contribution is 2.31. The van der Waals surface area contributed by atoms with Crippen molar-refractivity contribution >= 4 is 21.7 Å². The van der Waals surface area contributed by atoms with Crippen LogP contribution in [0.15, 0.2) is 42.5 Å². The number of nitrogens with zero attached hydrogens (tertiary/aromatic N) is 2. The molecule has 0 atom stereocenters. The van der Waals surface area contributed by atoms with Crippen molar-refractivity contribution in [3.8, 4) is 16.9 Å². The smallest absolute Gasteiger partial charge is 0.321 e. The van der Waals surface area contributed by atoms with Gasteiger partial charge in [0.25, 0.3) is 0 Å². The summed E-state index contributed by atoms with van der Waals surface area (Å²) in [7, 11) is 0.0430. The lowest BCUT2D eigenvalue weighted by atomic mass is 10.0. The number of carbonyl (C=O) groups is 1. The van der Waals surface area contributed by atoms with Crippen molar-refractivity contribution in [2.75, 3.05) is 38.8 Å². The number of piperidine rings is 1. The monoisotopic (exact) mass is 435 g/mol. The SMILES string of the molecule is COc1ccc(F)cc1-c1ccc(NC(=O)N(C)C2CCN(S(C)(=O)=O)CC2)cc1. The molecule has 0 aliphatic carbocycles. The van der Waals surface area contributed by atoms with Gasteiger partial charge < -0.3 is 15.0 Å². The predicted molar refractivity (Wildman–Crippen MR) is 115 cm³/mol. The summed E-state index contributed by atoms with van der Waals surface area (Å²) < 4.78 is 43.6. The first-order chi connectivity index (χ1) is 14.2. The maximum atomic E-state index is 13.6. The molecule has 30 heavy (non-hydrogen) atoms. The highest BCUT2D eigenvalue weighted by Gasteiger charge is 2.29. The number of nitrogens with one attached hydrogen (secondary N) is 1. The topological polar surface area (TPSA) is 79.0 Å². The zero-order valence-corrected chi connectivity index (χ0v) is 18.1. The first-order valence-electron chi connectivity index (χ1n) is 9.62. The molecule has 1 N–H and O–H groups in total. The molecular formula is C21H26FN3O4S. The molecule has 2 aromatic rings. The summed E-state index contributed by atoms with van der Waals surface area (Å²) in [4.78, 5) is 14.2. The number of carbonyl (C=O) groups excluding carboxylic acids is 1. The fourth-order valence-electron chi connectivity index (χ4n) is 3.58. The van der Waals surface area contributed by atoms with Crippen molar-refractivity contribution in [1.82, 2.24) is 9.21 Å². The Morgan fingerprint density at radius 2 is 1.80 bits per heavy atom. The summed E-state index contributed by atoms with van der Waals surface area (Å²) in [6.45, 7) is 0.816. The molecular weight excluding hydrogens is 409 g/mol. The fraction of sp³-hybridized carbons (Fsp3) is 0.381. The number of amides is 2. The Balaban J connectivity index is 1.63. The average Bonchev–Trinajstić information content (AvgIpc) is 2.73. The number of ether oxygens (including phenoxy) is 1. The van der Waals surface area contributed by atoms with Crippen molar-refractivity contribution in [3.05, 3.63) is 48.3 Å². The van der Waals surface area contributed by atoms with Crippen molar-refractivity contribution < 1.29 is 22.3 Å². The second kappa shape index (κ2) is 9.01. The summed E-state index contributed by atoms with van der Waals surface area (Å²) in [6, 6.07) is 11.1. The highest BCUT2D eigenvalue weighted by molar-refractivity contribution is 7.88. The van der Waals surface area contributed by atoms with E-state index in [1.54, 1.807) is 42.3 Å². The summed E-state index contributed by atoms with van der Waals surface area (Å²) >= 11 is 0. The first kappa shape index (κ1) is 22.0. The molecule has 7 nitrogen and oxygen atoms in total. The van der Waals surface area contributed by atoms with Gasteiger partial charge in [-0.2, -0.15) is 0 Å². The van der Waals surface area contributed by atoms with E-state index in [0.717, 1.165) is 5.56 Å². The van der Waals surface area contributed by atoms with E-state index in [-0.39, 0.29) is 17.9 Å². The summed E-state index contributed by atoms with van der Waals surface area (Å²) in [5.74, 6) is 0.208. The van der Waals surface area contributed by atoms with Crippen LogP contribution in [0.3, 0.4) is 0 Å². The lowest BCUT2D eigenvalue weighted by molar-refractivity contribution is 0.174. The van der Waals surface area contributed by atoms with Crippen LogP contribution in [-0.4, -0.2) is 63.2 Å². The van der Waals surface area contributed by atoms with Gasteiger partial charge in [-0.25, -0.2) is 21.9 Å². The molecule has 2 aromatic carbocycles. The quantitative estimate of drug-likeness (QED) is 0.781. The van der Waals surface area contributed by atoms with Crippen LogP contribution in [0.1, 0.15) is 12.8 Å². The third kappa shape index (κ3) is 5.09. The van der Waals surface area contributed by atoms with Gasteiger partial charge in [-0.1, -0.05) is 12.1 Å². The number of hydrogen-bond acceptors (Lipinski definition) is 4. The minimum absolute atomic E-state index is 0.0289. The summed E-state index contributed by atoms with van der Waals surface area (Å²) in [5, 5.41) is 2.85. The van der Waals surface area contributed by atoms with Crippen LogP contribution in [0.5, 0.6) is 5.75 Å². The zero-order chi connectivity index (χ0) is 21.9. The maximum Gasteiger partial charge on any atom is 0.321 e. The van der Waals surface area contributed by atoms with Crippen molar-refractivity contribution in [2.24, 2.45) is 0 Å². The minimum atomic E-state index is -3.20. The molecule has 3 rings (SSSR count). The van der Waals surface area contributed by atoms with Crippen LogP contribution in [0.2, 0.25) is 0 Å². The fourth-order valence-corrected chi connectivity index (χ4v) is 4.45. The molecule has 0 saturated carbocycles. The molecule has 1 saturated heterocycles. The molecule has 0 unspecified atom stereocenters. The minimum Gasteiger partial charge on any atom is -0.496 e. The second-order valence-electron chi connectivity index (χ2n) is 7.36. The van der Waals surface area contributed by atoms with Gasteiger partial charge in [-0.15, -0.1) is 0 Å². The Bertz CT molecular complexity index is 1000. The van der Waals surface area contributed by atoms with Crippen LogP contribution in [0, 0.1) is 5.82 Å². The van der Waals surface area contributed by atoms with E-state index in [0.29, 0.717) is 42.9 Å². The van der Waals surface area contributed by atoms with Crippen molar-refractivity contribution in [3.63, 3.8) is 0 Å². The molecule has 1 fully saturated rings. The zero-order valence-electron chi connectivity index (χ0n) is 17.3. The first-order valence-corrected chi connectivity index (χ1v) is 11.5. The lowest BCUT2D eigenvalue weighted by Gasteiger charge is -2.35. The van der Waals surface area contributed by atoms with E-state index in [4.69, 9.17) is 4.74 Å². The number of anilines is 1. The molecule has 2 amide bonds. The molecule has 0 bridgehead atoms. The number of rotatable bonds is 5. The second-order valence-corrected chi connectivity index (χ2v) is 9.34. The van der Waals surface area contributed by atoms with E-state index in [1.807, 2.05) is 0 Å². The highest BCUT2D eigenvalue weighted by atomic mass is 32.2. The largest absolute Gasteiger partial charge is 0.496 e. The van der Waals surface area contributed by atoms with Gasteiger partial charge in [0.15, 0.2) is 0 Å². The molecule has 0 spiro atoms. The Morgan fingerprint density at radius 3 is 2.37 bits per heavy atom. The molecule has 9 heteroatoms. The Labute approximate surface area is 176 Å². The van der Waals surface area contributed by atoms with Crippen LogP contribution in [-0.2, 0) is 10.0 Å². The molecule has 1 aliphatic rings. The van der Waals surface area contributed by atoms with E-state index >= 15 is 0 Å². The van der Waals surface area contributed by atoms with Crippen molar-refractivity contribution in [2.45, 2.75) is 18.9 Å². The van der Waals surface area contributed by atoms with Crippen LogP contribution in [0.25, 0.3) is 11.1 Å². The number of methoxy groups -OCH3 is 1. The third-order valence-corrected chi connectivity index (χ3v) is 6.67. The third-order valence-electron chi connectivity index (χ3n) is 5.37. The van der Waals surface area contributed by atoms with Crippen molar-refractivity contribution in [1.29, 1.82) is 0 Å². The Kier molecular flexibility index (Phi) is 6.62. The van der Waals surface area contributed by atoms with Crippen LogP contribution >= 0.6 is 0 Å². The Hall–Kier alpha value is -2.65. The lowest BCUT2D eigenvalue weighted by Crippen LogP contribution is -2.48. The van der Waals surface area contributed by atoms with Crippen LogP contribution < -0.4 is 10.1 Å². The van der Waals surface area contributed by atoms with Gasteiger partial charge in [0.2, 0.25) is 10.0 Å². The average molecular weight is 436 g/mol. The van der Waals surface area contributed by atoms with Gasteiger partial charge in [0.05, 0.1) is 13.4 Å². The summed E-state index contributed by atoms with van der Waals surface area (Å²) in [6.07, 6.45) is 2.39. The van der Waals surface area contributed by atoms with E-state index in [9.17, 15) is 17.6 Å². The molecule has 1 heterocycles.